The first-order valence-electron chi connectivity index (χ1n) is 4.29. The molecule has 1 N–H and O–H groups in total. The number of aliphatic hydroxyl groups is 1. The number of alkyl halides is 3. The second kappa shape index (κ2) is 3.95. The molecule has 0 amide bonds. The Hall–Kier alpha value is -0.473. The van der Waals surface area contributed by atoms with Crippen LogP contribution in [0.1, 0.15) is 6.42 Å². The van der Waals surface area contributed by atoms with E-state index in [0.717, 1.165) is 0 Å². The molecule has 82 valence electrons. The molecule has 0 heterocycles. The molecule has 0 aliphatic heterocycles. The van der Waals surface area contributed by atoms with Gasteiger partial charge in [0.15, 0.2) is 0 Å². The molecule has 0 aromatic rings. The van der Waals surface area contributed by atoms with Crippen LogP contribution in [0.15, 0.2) is 0 Å². The highest BCUT2D eigenvalue weighted by molar-refractivity contribution is 6.76. The van der Waals surface area contributed by atoms with E-state index in [0.29, 0.717) is 6.04 Å². The van der Waals surface area contributed by atoms with Gasteiger partial charge in [0.2, 0.25) is 5.60 Å². The van der Waals surface area contributed by atoms with Crippen LogP contribution in [0.2, 0.25) is 25.7 Å². The van der Waals surface area contributed by atoms with Crippen molar-refractivity contribution in [3.63, 3.8) is 0 Å². The minimum absolute atomic E-state index is 0.354. The minimum Gasteiger partial charge on any atom is -0.370 e. The molecule has 0 rings (SSSR count). The smallest absolute Gasteiger partial charge is 0.370 e. The van der Waals surface area contributed by atoms with Crippen LogP contribution >= 0.6 is 0 Å². The Morgan fingerprint density at radius 1 is 1.29 bits per heavy atom. The zero-order chi connectivity index (χ0) is 11.6. The molecular formula is C9H15F3OSi. The van der Waals surface area contributed by atoms with Gasteiger partial charge in [-0.25, -0.2) is 0 Å². The van der Waals surface area contributed by atoms with E-state index in [-0.39, 0.29) is 0 Å². The molecule has 0 aromatic carbocycles. The van der Waals surface area contributed by atoms with Crippen LogP contribution in [-0.4, -0.2) is 25.0 Å². The molecule has 0 saturated heterocycles. The second-order valence-electron chi connectivity index (χ2n) is 4.56. The third-order valence-electron chi connectivity index (χ3n) is 1.94. The van der Waals surface area contributed by atoms with E-state index in [1.165, 1.54) is 5.92 Å². The third-order valence-corrected chi connectivity index (χ3v) is 3.69. The summed E-state index contributed by atoms with van der Waals surface area (Å²) >= 11 is 0. The van der Waals surface area contributed by atoms with Crippen molar-refractivity contribution in [2.45, 2.75) is 43.9 Å². The first kappa shape index (κ1) is 13.5. The van der Waals surface area contributed by atoms with Crippen LogP contribution in [0.5, 0.6) is 0 Å². The summed E-state index contributed by atoms with van der Waals surface area (Å²) in [6.07, 6.45) is -0.417. The topological polar surface area (TPSA) is 20.2 Å². The molecule has 0 spiro atoms. The summed E-state index contributed by atoms with van der Waals surface area (Å²) in [5, 5.41) is 9.18. The Morgan fingerprint density at radius 2 is 1.71 bits per heavy atom. The number of hydrogen-bond donors (Lipinski definition) is 1. The van der Waals surface area contributed by atoms with Crippen molar-refractivity contribution in [1.29, 1.82) is 0 Å². The Morgan fingerprint density at radius 3 is 1.93 bits per heavy atom. The van der Waals surface area contributed by atoms with Crippen LogP contribution in [0.3, 0.4) is 0 Å². The van der Waals surface area contributed by atoms with Crippen molar-refractivity contribution < 1.29 is 18.3 Å². The predicted molar refractivity (Wildman–Crippen MR) is 52.6 cm³/mol. The van der Waals surface area contributed by atoms with Gasteiger partial charge >= 0.3 is 6.18 Å². The standard InChI is InChI=1S/C9H15F3OSi/c1-5-8(13,9(10,11)12)6-7-14(2,3)4/h1,13H,6-7H2,2-4H3. The van der Waals surface area contributed by atoms with Crippen LogP contribution in [0.25, 0.3) is 0 Å². The Kier molecular flexibility index (Phi) is 3.82. The van der Waals surface area contributed by atoms with E-state index in [4.69, 9.17) is 6.42 Å². The predicted octanol–water partition coefficient (Wildman–Crippen LogP) is 2.64. The first-order valence-corrected chi connectivity index (χ1v) is 7.99. The molecule has 0 aliphatic rings. The van der Waals surface area contributed by atoms with E-state index in [1.54, 1.807) is 0 Å². The van der Waals surface area contributed by atoms with E-state index < -0.39 is 26.3 Å². The fourth-order valence-electron chi connectivity index (χ4n) is 0.852. The molecule has 0 aliphatic carbocycles. The lowest BCUT2D eigenvalue weighted by atomic mass is 10.0. The van der Waals surface area contributed by atoms with Gasteiger partial charge in [-0.05, 0) is 6.42 Å². The number of terminal acetylenes is 1. The van der Waals surface area contributed by atoms with Crippen molar-refractivity contribution in [3.8, 4) is 12.3 Å². The molecule has 0 radical (unpaired) electrons. The van der Waals surface area contributed by atoms with E-state index in [9.17, 15) is 18.3 Å². The largest absolute Gasteiger partial charge is 0.428 e. The lowest BCUT2D eigenvalue weighted by molar-refractivity contribution is -0.236. The average molecular weight is 224 g/mol. The summed E-state index contributed by atoms with van der Waals surface area (Å²) in [6.45, 7) is 5.79. The van der Waals surface area contributed by atoms with Gasteiger partial charge < -0.3 is 5.11 Å². The summed E-state index contributed by atoms with van der Waals surface area (Å²) in [5.74, 6) is 1.44. The van der Waals surface area contributed by atoms with Gasteiger partial charge in [-0.2, -0.15) is 13.2 Å². The molecule has 1 unspecified atom stereocenters. The first-order chi connectivity index (χ1) is 6.02. The Bertz CT molecular complexity index is 236. The van der Waals surface area contributed by atoms with Gasteiger partial charge in [-0.15, -0.1) is 6.42 Å². The van der Waals surface area contributed by atoms with Crippen LogP contribution < -0.4 is 0 Å². The minimum atomic E-state index is -4.73. The zero-order valence-corrected chi connectivity index (χ0v) is 9.57. The van der Waals surface area contributed by atoms with Gasteiger partial charge in [0, 0.05) is 8.07 Å². The molecule has 0 aromatic heterocycles. The summed E-state index contributed by atoms with van der Waals surface area (Å²) in [4.78, 5) is 0. The summed E-state index contributed by atoms with van der Waals surface area (Å²) in [5.41, 5.74) is -2.95. The van der Waals surface area contributed by atoms with Gasteiger partial charge in [0.1, 0.15) is 0 Å². The molecule has 14 heavy (non-hydrogen) atoms. The van der Waals surface area contributed by atoms with Crippen LogP contribution in [-0.2, 0) is 0 Å². The zero-order valence-electron chi connectivity index (χ0n) is 8.57. The monoisotopic (exact) mass is 224 g/mol. The van der Waals surface area contributed by atoms with E-state index in [1.807, 2.05) is 19.6 Å². The van der Waals surface area contributed by atoms with Crippen molar-refractivity contribution in [1.82, 2.24) is 0 Å². The second-order valence-corrected chi connectivity index (χ2v) is 10.2. The fourth-order valence-corrected chi connectivity index (χ4v) is 1.96. The summed E-state index contributed by atoms with van der Waals surface area (Å²) < 4.78 is 36.9. The molecule has 0 bridgehead atoms. The highest BCUT2D eigenvalue weighted by Gasteiger charge is 2.52. The molecule has 0 fully saturated rings. The average Bonchev–Trinajstić information content (AvgIpc) is 1.96. The number of rotatable bonds is 3. The summed E-state index contributed by atoms with van der Waals surface area (Å²) in [7, 11) is -1.62. The van der Waals surface area contributed by atoms with Crippen LogP contribution in [0.4, 0.5) is 13.2 Å². The maximum Gasteiger partial charge on any atom is 0.428 e. The maximum atomic E-state index is 12.3. The molecule has 0 saturated carbocycles. The van der Waals surface area contributed by atoms with Crippen molar-refractivity contribution >= 4 is 8.07 Å². The van der Waals surface area contributed by atoms with E-state index in [2.05, 4.69) is 0 Å². The lowest BCUT2D eigenvalue weighted by Crippen LogP contribution is -2.45. The van der Waals surface area contributed by atoms with Gasteiger partial charge in [-0.1, -0.05) is 31.6 Å². The number of halogens is 3. The molecule has 1 nitrogen and oxygen atoms in total. The molecular weight excluding hydrogens is 209 g/mol. The summed E-state index contributed by atoms with van der Waals surface area (Å²) in [6, 6.07) is 0.354. The molecule has 1 atom stereocenters. The highest BCUT2D eigenvalue weighted by atomic mass is 28.3. The van der Waals surface area contributed by atoms with Crippen molar-refractivity contribution in [3.05, 3.63) is 0 Å². The van der Waals surface area contributed by atoms with Crippen LogP contribution in [0, 0.1) is 12.3 Å². The lowest BCUT2D eigenvalue weighted by Gasteiger charge is -2.27. The van der Waals surface area contributed by atoms with Gasteiger partial charge in [0.05, 0.1) is 0 Å². The third kappa shape index (κ3) is 3.72. The molecule has 5 heteroatoms. The van der Waals surface area contributed by atoms with Crippen molar-refractivity contribution in [2.24, 2.45) is 0 Å². The maximum absolute atomic E-state index is 12.3. The van der Waals surface area contributed by atoms with Gasteiger partial charge in [-0.3, -0.25) is 0 Å². The fraction of sp³-hybridized carbons (Fsp3) is 0.778. The highest BCUT2D eigenvalue weighted by Crippen LogP contribution is 2.35. The Balaban J connectivity index is 4.54. The number of hydrogen-bond acceptors (Lipinski definition) is 1. The normalized spacial score (nSPS) is 17.3. The quantitative estimate of drug-likeness (QED) is 0.577. The SMILES string of the molecule is C#CC(O)(CC[Si](C)(C)C)C(F)(F)F. The Labute approximate surface area is 83.3 Å². The van der Waals surface area contributed by atoms with E-state index >= 15 is 0 Å². The van der Waals surface area contributed by atoms with Gasteiger partial charge in [0.25, 0.3) is 0 Å². The van der Waals surface area contributed by atoms with Crippen molar-refractivity contribution in [2.75, 3.05) is 0 Å².